The zero-order valence-electron chi connectivity index (χ0n) is 13.3. The number of carbonyl (C=O) groups is 1. The Morgan fingerprint density at radius 3 is 2.19 bits per heavy atom. The number of esters is 1. The van der Waals surface area contributed by atoms with Crippen molar-refractivity contribution in [3.05, 3.63) is 96.1 Å². The van der Waals surface area contributed by atoms with Crippen molar-refractivity contribution in [2.45, 2.75) is 6.56 Å². The van der Waals surface area contributed by atoms with Gasteiger partial charge in [-0.1, -0.05) is 18.2 Å². The van der Waals surface area contributed by atoms with Gasteiger partial charge in [-0.2, -0.15) is 30.3 Å². The van der Waals surface area contributed by atoms with Crippen molar-refractivity contribution in [3.8, 4) is 0 Å². The molecule has 0 N–H and O–H groups in total. The van der Waals surface area contributed by atoms with Crippen molar-refractivity contribution in [2.24, 2.45) is 0 Å². The molecule has 0 atom stereocenters. The maximum atomic E-state index is 11.7. The first-order chi connectivity index (χ1) is 10.6. The molecule has 0 saturated carbocycles. The van der Waals surface area contributed by atoms with Crippen molar-refractivity contribution in [1.29, 1.82) is 0 Å². The van der Waals surface area contributed by atoms with Gasteiger partial charge in [-0.15, -0.1) is 5.56 Å². The SMILES string of the molecule is [2H]C([2H])(OC(=O)c1ccccc1)[c-]1cccc1.[Fe+2].c1cc[cH-]c1. The summed E-state index contributed by atoms with van der Waals surface area (Å²) in [5, 5.41) is 0. The van der Waals surface area contributed by atoms with Crippen LogP contribution >= 0.6 is 0 Å². The molecule has 3 aromatic rings. The van der Waals surface area contributed by atoms with Crippen molar-refractivity contribution >= 4 is 5.97 Å². The number of carbonyl (C=O) groups excluding carboxylic acids is 1. The molecule has 3 rings (SSSR count). The van der Waals surface area contributed by atoms with E-state index < -0.39 is 12.5 Å². The van der Waals surface area contributed by atoms with Crippen LogP contribution in [0.15, 0.2) is 84.9 Å². The molecule has 0 heterocycles. The van der Waals surface area contributed by atoms with Crippen LogP contribution in [-0.4, -0.2) is 5.97 Å². The Labute approximate surface area is 138 Å². The van der Waals surface area contributed by atoms with Crippen LogP contribution in [0.3, 0.4) is 0 Å². The standard InChI is InChI=1S/C13H11O2.C5H5.Fe/c14-13(12-8-2-1-3-9-12)15-10-11-6-4-5-7-11;1-2-4-5-3-1;/h1-9H,10H2;1-5H;/q2*-1;+2/i10D2;;. The smallest absolute Gasteiger partial charge is 0.470 e. The fourth-order valence-corrected chi connectivity index (χ4v) is 1.50. The summed E-state index contributed by atoms with van der Waals surface area (Å²) in [6.45, 7) is -2.10. The molecule has 0 aliphatic carbocycles. The minimum absolute atomic E-state index is 0. The first kappa shape index (κ1) is 13.9. The van der Waals surface area contributed by atoms with E-state index in [1.165, 1.54) is 0 Å². The predicted octanol–water partition coefficient (Wildman–Crippen LogP) is 4.17. The van der Waals surface area contributed by atoms with Gasteiger partial charge in [0.05, 0.1) is 14.9 Å². The second-order valence-corrected chi connectivity index (χ2v) is 3.99. The molecule has 0 spiro atoms. The van der Waals surface area contributed by atoms with Gasteiger partial charge >= 0.3 is 23.0 Å². The molecule has 21 heavy (non-hydrogen) atoms. The van der Waals surface area contributed by atoms with Crippen LogP contribution in [0.25, 0.3) is 0 Å². The van der Waals surface area contributed by atoms with E-state index in [0.29, 0.717) is 11.1 Å². The van der Waals surface area contributed by atoms with E-state index in [9.17, 15) is 4.79 Å². The summed E-state index contributed by atoms with van der Waals surface area (Å²) < 4.78 is 20.2. The van der Waals surface area contributed by atoms with Crippen LogP contribution in [0.5, 0.6) is 0 Å². The van der Waals surface area contributed by atoms with Crippen LogP contribution in [-0.2, 0) is 28.4 Å². The summed E-state index contributed by atoms with van der Waals surface area (Å²) in [4.78, 5) is 11.7. The second-order valence-electron chi connectivity index (χ2n) is 3.99. The van der Waals surface area contributed by atoms with Gasteiger partial charge in [-0.25, -0.2) is 29.1 Å². The van der Waals surface area contributed by atoms with Crippen LogP contribution < -0.4 is 0 Å². The van der Waals surface area contributed by atoms with E-state index in [1.54, 1.807) is 54.6 Å². The van der Waals surface area contributed by atoms with Gasteiger partial charge in [0.15, 0.2) is 0 Å². The molecule has 108 valence electrons. The minimum atomic E-state index is -2.10. The molecule has 0 fully saturated rings. The van der Waals surface area contributed by atoms with Crippen molar-refractivity contribution in [1.82, 2.24) is 0 Å². The molecule has 0 saturated heterocycles. The van der Waals surface area contributed by atoms with Crippen LogP contribution in [0.1, 0.15) is 18.7 Å². The summed E-state index contributed by atoms with van der Waals surface area (Å²) in [7, 11) is 0. The van der Waals surface area contributed by atoms with E-state index >= 15 is 0 Å². The number of hydrogen-bond acceptors (Lipinski definition) is 2. The third-order valence-corrected chi connectivity index (χ3v) is 2.49. The van der Waals surface area contributed by atoms with E-state index in [4.69, 9.17) is 7.48 Å². The van der Waals surface area contributed by atoms with Crippen molar-refractivity contribution in [3.63, 3.8) is 0 Å². The normalized spacial score (nSPS) is 11.0. The first-order valence-electron chi connectivity index (χ1n) is 7.27. The van der Waals surface area contributed by atoms with E-state index in [2.05, 4.69) is 0 Å². The monoisotopic (exact) mass is 322 g/mol. The third-order valence-electron chi connectivity index (χ3n) is 2.49. The Hall–Kier alpha value is -2.09. The van der Waals surface area contributed by atoms with Crippen LogP contribution in [0, 0.1) is 0 Å². The Bertz CT molecular complexity index is 645. The van der Waals surface area contributed by atoms with Gasteiger partial charge in [-0.05, 0) is 12.1 Å². The topological polar surface area (TPSA) is 26.3 Å². The largest absolute Gasteiger partial charge is 2.00 e. The summed E-state index contributed by atoms with van der Waals surface area (Å²) in [6, 6.07) is 24.9. The van der Waals surface area contributed by atoms with Gasteiger partial charge in [0, 0.05) is 0 Å². The first-order valence-corrected chi connectivity index (χ1v) is 6.27. The van der Waals surface area contributed by atoms with Gasteiger partial charge in [0.25, 0.3) is 0 Å². The molecule has 3 aromatic carbocycles. The number of rotatable bonds is 3. The van der Waals surface area contributed by atoms with Crippen LogP contribution in [0.4, 0.5) is 0 Å². The summed E-state index contributed by atoms with van der Waals surface area (Å²) >= 11 is 0. The minimum Gasteiger partial charge on any atom is -0.470 e. The number of benzene rings is 1. The Kier molecular flexibility index (Phi) is 6.45. The molecule has 0 radical (unpaired) electrons. The fraction of sp³-hybridized carbons (Fsp3) is 0.0556. The van der Waals surface area contributed by atoms with Gasteiger partial charge < -0.3 is 4.74 Å². The molecule has 3 heteroatoms. The maximum absolute atomic E-state index is 11.7. The zero-order valence-corrected chi connectivity index (χ0v) is 12.4. The van der Waals surface area contributed by atoms with Gasteiger partial charge in [0.1, 0.15) is 0 Å². The zero-order chi connectivity index (χ0) is 15.8. The molecule has 0 amide bonds. The Balaban J connectivity index is 0.000000377. The van der Waals surface area contributed by atoms with Gasteiger partial charge in [-0.3, -0.25) is 0 Å². The Morgan fingerprint density at radius 2 is 1.67 bits per heavy atom. The van der Waals surface area contributed by atoms with E-state index in [0.717, 1.165) is 0 Å². The third kappa shape index (κ3) is 6.26. The van der Waals surface area contributed by atoms with Crippen LogP contribution in [0.2, 0.25) is 0 Å². The van der Waals surface area contributed by atoms with E-state index in [1.807, 2.05) is 30.3 Å². The molecule has 0 unspecified atom stereocenters. The number of ether oxygens (including phenoxy) is 1. The summed E-state index contributed by atoms with van der Waals surface area (Å²) in [6.07, 6.45) is 0. The molecular weight excluding hydrogens is 304 g/mol. The predicted molar refractivity (Wildman–Crippen MR) is 79.6 cm³/mol. The number of hydrogen-bond donors (Lipinski definition) is 0. The van der Waals surface area contributed by atoms with Crippen molar-refractivity contribution < 1.29 is 29.3 Å². The molecule has 0 aromatic heterocycles. The molecular formula is C18H16FeO2. The van der Waals surface area contributed by atoms with E-state index in [-0.39, 0.29) is 17.1 Å². The van der Waals surface area contributed by atoms with Crippen molar-refractivity contribution in [2.75, 3.05) is 0 Å². The molecule has 0 aliphatic rings. The summed E-state index contributed by atoms with van der Waals surface area (Å²) in [5.41, 5.74) is 0.671. The second kappa shape index (κ2) is 9.76. The molecule has 0 aliphatic heterocycles. The molecule has 0 bridgehead atoms. The Morgan fingerprint density at radius 1 is 1.05 bits per heavy atom. The quantitative estimate of drug-likeness (QED) is 0.411. The fourth-order valence-electron chi connectivity index (χ4n) is 1.50. The average Bonchev–Trinajstić information content (AvgIpc) is 3.23. The maximum Gasteiger partial charge on any atom is 2.00 e. The molecule has 2 nitrogen and oxygen atoms in total. The summed E-state index contributed by atoms with van der Waals surface area (Å²) in [5.74, 6) is -0.670. The average molecular weight is 322 g/mol. The van der Waals surface area contributed by atoms with Gasteiger partial charge in [0.2, 0.25) is 0 Å².